The maximum Gasteiger partial charge on any atom is 0.141 e. The Labute approximate surface area is 155 Å². The molecule has 1 unspecified atom stereocenters. The van der Waals surface area contributed by atoms with Crippen LogP contribution in [0.2, 0.25) is 0 Å². The van der Waals surface area contributed by atoms with E-state index >= 15 is 0 Å². The van der Waals surface area contributed by atoms with E-state index in [4.69, 9.17) is 5.26 Å². The zero-order valence-corrected chi connectivity index (χ0v) is 15.5. The zero-order valence-electron chi connectivity index (χ0n) is 15.5. The molecule has 2 heteroatoms. The molecule has 26 heavy (non-hydrogen) atoms. The SMILES string of the molecule is CC1CCC(c2ccc(C3CCc4cc(C#N)c(F)cc4C3)cc2)CC1. The van der Waals surface area contributed by atoms with Gasteiger partial charge >= 0.3 is 0 Å². The van der Waals surface area contributed by atoms with Crippen LogP contribution in [0.15, 0.2) is 36.4 Å². The summed E-state index contributed by atoms with van der Waals surface area (Å²) >= 11 is 0. The average molecular weight is 347 g/mol. The van der Waals surface area contributed by atoms with Gasteiger partial charge in [0.2, 0.25) is 0 Å². The second kappa shape index (κ2) is 7.23. The molecule has 2 aliphatic rings. The Balaban J connectivity index is 1.49. The standard InChI is InChI=1S/C24H26FN/c1-16-2-4-17(5-3-16)18-6-8-19(9-7-18)20-10-11-21-13-23(15-26)24(25)14-22(21)12-20/h6-9,13-14,16-17,20H,2-5,10-12H2,1H3. The van der Waals surface area contributed by atoms with Crippen LogP contribution in [0, 0.1) is 23.1 Å². The molecule has 1 nitrogen and oxygen atoms in total. The van der Waals surface area contributed by atoms with Crippen molar-refractivity contribution in [1.29, 1.82) is 5.26 Å². The van der Waals surface area contributed by atoms with Gasteiger partial charge in [-0.3, -0.25) is 0 Å². The highest BCUT2D eigenvalue weighted by molar-refractivity contribution is 5.42. The molecule has 0 bridgehead atoms. The smallest absolute Gasteiger partial charge is 0.141 e. The van der Waals surface area contributed by atoms with E-state index in [0.29, 0.717) is 5.92 Å². The lowest BCUT2D eigenvalue weighted by Crippen LogP contribution is -2.14. The quantitative estimate of drug-likeness (QED) is 0.628. The zero-order chi connectivity index (χ0) is 18.1. The summed E-state index contributed by atoms with van der Waals surface area (Å²) in [6.45, 7) is 2.36. The van der Waals surface area contributed by atoms with Crippen LogP contribution < -0.4 is 0 Å². The lowest BCUT2D eigenvalue weighted by molar-refractivity contribution is 0.348. The van der Waals surface area contributed by atoms with Crippen molar-refractivity contribution in [2.45, 2.75) is 63.7 Å². The largest absolute Gasteiger partial charge is 0.206 e. The highest BCUT2D eigenvalue weighted by atomic mass is 19.1. The molecule has 0 spiro atoms. The fourth-order valence-corrected chi connectivity index (χ4v) is 4.78. The van der Waals surface area contributed by atoms with E-state index in [-0.39, 0.29) is 11.4 Å². The van der Waals surface area contributed by atoms with E-state index < -0.39 is 0 Å². The van der Waals surface area contributed by atoms with E-state index in [1.54, 1.807) is 12.1 Å². The maximum absolute atomic E-state index is 14.0. The summed E-state index contributed by atoms with van der Waals surface area (Å²) in [5.74, 6) is 1.68. The molecule has 4 rings (SSSR count). The molecule has 2 aromatic rings. The predicted molar refractivity (Wildman–Crippen MR) is 103 cm³/mol. The fraction of sp³-hybridized carbons (Fsp3) is 0.458. The third-order valence-corrected chi connectivity index (χ3v) is 6.53. The van der Waals surface area contributed by atoms with Crippen molar-refractivity contribution in [3.05, 3.63) is 70.0 Å². The average Bonchev–Trinajstić information content (AvgIpc) is 2.68. The van der Waals surface area contributed by atoms with Gasteiger partial charge in [-0.25, -0.2) is 4.39 Å². The summed E-state index contributed by atoms with van der Waals surface area (Å²) in [6, 6.07) is 14.5. The van der Waals surface area contributed by atoms with Gasteiger partial charge in [0.15, 0.2) is 0 Å². The van der Waals surface area contributed by atoms with Crippen LogP contribution in [-0.4, -0.2) is 0 Å². The third-order valence-electron chi connectivity index (χ3n) is 6.53. The second-order valence-corrected chi connectivity index (χ2v) is 8.28. The Bertz CT molecular complexity index is 823. The molecule has 1 atom stereocenters. The second-order valence-electron chi connectivity index (χ2n) is 8.28. The van der Waals surface area contributed by atoms with Crippen LogP contribution in [0.1, 0.15) is 78.7 Å². The number of nitriles is 1. The number of rotatable bonds is 2. The van der Waals surface area contributed by atoms with Gasteiger partial charge in [0.05, 0.1) is 5.56 Å². The number of fused-ring (bicyclic) bond motifs is 1. The highest BCUT2D eigenvalue weighted by Gasteiger charge is 2.23. The van der Waals surface area contributed by atoms with Crippen molar-refractivity contribution in [3.63, 3.8) is 0 Å². The summed E-state index contributed by atoms with van der Waals surface area (Å²) in [6.07, 6.45) is 8.21. The minimum absolute atomic E-state index is 0.174. The van der Waals surface area contributed by atoms with Gasteiger partial charge in [-0.2, -0.15) is 5.26 Å². The molecule has 0 amide bonds. The number of benzene rings is 2. The normalized spacial score (nSPS) is 25.3. The Kier molecular flexibility index (Phi) is 4.81. The lowest BCUT2D eigenvalue weighted by atomic mass is 9.77. The van der Waals surface area contributed by atoms with E-state index in [1.165, 1.54) is 36.8 Å². The lowest BCUT2D eigenvalue weighted by Gasteiger charge is -2.28. The summed E-state index contributed by atoms with van der Waals surface area (Å²) in [5, 5.41) is 9.01. The fourth-order valence-electron chi connectivity index (χ4n) is 4.78. The molecule has 0 N–H and O–H groups in total. The van der Waals surface area contributed by atoms with Crippen LogP contribution in [0.3, 0.4) is 0 Å². The molecule has 2 aliphatic carbocycles. The summed E-state index contributed by atoms with van der Waals surface area (Å²) < 4.78 is 14.0. The first-order chi connectivity index (χ1) is 12.6. The number of aryl methyl sites for hydroxylation is 1. The van der Waals surface area contributed by atoms with E-state index in [0.717, 1.165) is 42.2 Å². The minimum Gasteiger partial charge on any atom is -0.206 e. The number of nitrogens with zero attached hydrogens (tertiary/aromatic N) is 1. The predicted octanol–water partition coefficient (Wildman–Crippen LogP) is 6.26. The summed E-state index contributed by atoms with van der Waals surface area (Å²) in [7, 11) is 0. The van der Waals surface area contributed by atoms with Crippen molar-refractivity contribution in [2.75, 3.05) is 0 Å². The molecule has 134 valence electrons. The van der Waals surface area contributed by atoms with E-state index in [2.05, 4.69) is 31.2 Å². The Hall–Kier alpha value is -2.14. The van der Waals surface area contributed by atoms with Gasteiger partial charge in [-0.05, 0) is 84.2 Å². The van der Waals surface area contributed by atoms with Crippen molar-refractivity contribution in [3.8, 4) is 6.07 Å². The molecule has 1 saturated carbocycles. The molecular formula is C24H26FN. The maximum atomic E-state index is 14.0. The molecule has 1 fully saturated rings. The Morgan fingerprint density at radius 3 is 2.19 bits per heavy atom. The van der Waals surface area contributed by atoms with Gasteiger partial charge in [0.25, 0.3) is 0 Å². The first-order valence-corrected chi connectivity index (χ1v) is 9.95. The van der Waals surface area contributed by atoms with Crippen molar-refractivity contribution in [1.82, 2.24) is 0 Å². The van der Waals surface area contributed by atoms with Gasteiger partial charge in [-0.1, -0.05) is 44.0 Å². The third kappa shape index (κ3) is 3.40. The first-order valence-electron chi connectivity index (χ1n) is 9.95. The van der Waals surface area contributed by atoms with Crippen LogP contribution in [0.5, 0.6) is 0 Å². The molecule has 0 heterocycles. The van der Waals surface area contributed by atoms with Crippen LogP contribution in [0.4, 0.5) is 4.39 Å². The number of hydrogen-bond acceptors (Lipinski definition) is 1. The van der Waals surface area contributed by atoms with Gasteiger partial charge in [0.1, 0.15) is 11.9 Å². The van der Waals surface area contributed by atoms with Crippen molar-refractivity contribution in [2.24, 2.45) is 5.92 Å². The van der Waals surface area contributed by atoms with Crippen LogP contribution >= 0.6 is 0 Å². The number of hydrogen-bond donors (Lipinski definition) is 0. The van der Waals surface area contributed by atoms with Gasteiger partial charge < -0.3 is 0 Å². The Morgan fingerprint density at radius 1 is 0.885 bits per heavy atom. The van der Waals surface area contributed by atoms with Crippen LogP contribution in [0.25, 0.3) is 0 Å². The molecular weight excluding hydrogens is 321 g/mol. The van der Waals surface area contributed by atoms with Crippen molar-refractivity contribution >= 4 is 0 Å². The molecule has 0 aliphatic heterocycles. The summed E-state index contributed by atoms with van der Waals surface area (Å²) in [5.41, 5.74) is 5.25. The molecule has 2 aromatic carbocycles. The van der Waals surface area contributed by atoms with E-state index in [1.807, 2.05) is 6.07 Å². The number of halogens is 1. The molecule has 0 saturated heterocycles. The minimum atomic E-state index is -0.381. The van der Waals surface area contributed by atoms with E-state index in [9.17, 15) is 4.39 Å². The van der Waals surface area contributed by atoms with Gasteiger partial charge in [0, 0.05) is 0 Å². The van der Waals surface area contributed by atoms with Crippen molar-refractivity contribution < 1.29 is 4.39 Å². The topological polar surface area (TPSA) is 23.8 Å². The highest BCUT2D eigenvalue weighted by Crippen LogP contribution is 2.37. The summed E-state index contributed by atoms with van der Waals surface area (Å²) in [4.78, 5) is 0. The van der Waals surface area contributed by atoms with Crippen LogP contribution in [-0.2, 0) is 12.8 Å². The van der Waals surface area contributed by atoms with Gasteiger partial charge in [-0.15, -0.1) is 0 Å². The molecule has 0 radical (unpaired) electrons. The monoisotopic (exact) mass is 347 g/mol. The first kappa shape index (κ1) is 17.3. The Morgan fingerprint density at radius 2 is 1.54 bits per heavy atom. The molecule has 0 aromatic heterocycles.